The molecule has 8 nitrogen and oxygen atoms in total. The average Bonchev–Trinajstić information content (AvgIpc) is 3.06. The molecule has 0 saturated carbocycles. The second-order valence-electron chi connectivity index (χ2n) is 6.34. The number of carbonyl (C=O) groups excluding carboxylic acids is 2. The summed E-state index contributed by atoms with van der Waals surface area (Å²) in [5.41, 5.74) is -0.442. The van der Waals surface area contributed by atoms with Crippen LogP contribution in [0.3, 0.4) is 0 Å². The fourth-order valence-electron chi connectivity index (χ4n) is 2.41. The molecule has 1 unspecified atom stereocenters. The van der Waals surface area contributed by atoms with Gasteiger partial charge < -0.3 is 14.4 Å². The molecule has 1 fully saturated rings. The van der Waals surface area contributed by atoms with E-state index in [0.717, 1.165) is 12.8 Å². The van der Waals surface area contributed by atoms with Gasteiger partial charge in [-0.2, -0.15) is 0 Å². The Hall–Kier alpha value is -1.83. The fourth-order valence-corrected chi connectivity index (χ4v) is 2.51. The third kappa shape index (κ3) is 4.82. The van der Waals surface area contributed by atoms with Crippen molar-refractivity contribution in [3.05, 3.63) is 11.9 Å². The molecule has 0 aromatic carbocycles. The first-order chi connectivity index (χ1) is 10.8. The van der Waals surface area contributed by atoms with Gasteiger partial charge in [0.1, 0.15) is 5.60 Å². The minimum atomic E-state index is -0.623. The summed E-state index contributed by atoms with van der Waals surface area (Å²) >= 11 is 5.34. The van der Waals surface area contributed by atoms with E-state index in [-0.39, 0.29) is 23.9 Å². The van der Waals surface area contributed by atoms with Crippen LogP contribution in [0.4, 0.5) is 4.79 Å². The van der Waals surface area contributed by atoms with Gasteiger partial charge in [-0.05, 0) is 33.6 Å². The van der Waals surface area contributed by atoms with Crippen molar-refractivity contribution in [2.24, 2.45) is 0 Å². The summed E-state index contributed by atoms with van der Waals surface area (Å²) < 4.78 is 11.6. The molecule has 9 heteroatoms. The smallest absolute Gasteiger partial charge is 0.410 e. The van der Waals surface area contributed by atoms with E-state index in [4.69, 9.17) is 16.3 Å². The summed E-state index contributed by atoms with van der Waals surface area (Å²) in [4.78, 5) is 25.4. The Balaban J connectivity index is 1.99. The monoisotopic (exact) mass is 344 g/mol. The standard InChI is InChI=1S/C14H21ClN4O4/c1-14(2,3)23-13(21)19-6-4-5-10(19)7-18-8-11(16-17-18)12(20)22-9-15/h8,10H,4-7,9H2,1-3H3. The molecule has 2 rings (SSSR count). The zero-order chi connectivity index (χ0) is 17.0. The molecule has 0 aliphatic carbocycles. The van der Waals surface area contributed by atoms with Gasteiger partial charge in [0.15, 0.2) is 11.8 Å². The van der Waals surface area contributed by atoms with Gasteiger partial charge in [0.2, 0.25) is 0 Å². The number of amides is 1. The van der Waals surface area contributed by atoms with E-state index < -0.39 is 11.6 Å². The molecule has 1 amide bonds. The lowest BCUT2D eigenvalue weighted by molar-refractivity contribution is 0.0211. The number of ether oxygens (including phenoxy) is 2. The first-order valence-corrected chi connectivity index (χ1v) is 7.96. The van der Waals surface area contributed by atoms with Gasteiger partial charge in [0.25, 0.3) is 0 Å². The summed E-state index contributed by atoms with van der Waals surface area (Å²) in [6.45, 7) is 6.60. The van der Waals surface area contributed by atoms with E-state index in [1.54, 1.807) is 4.90 Å². The van der Waals surface area contributed by atoms with Gasteiger partial charge >= 0.3 is 12.1 Å². The van der Waals surface area contributed by atoms with Crippen LogP contribution in [0.2, 0.25) is 0 Å². The van der Waals surface area contributed by atoms with Crippen LogP contribution in [0.15, 0.2) is 6.20 Å². The van der Waals surface area contributed by atoms with Crippen molar-refractivity contribution in [3.8, 4) is 0 Å². The summed E-state index contributed by atoms with van der Waals surface area (Å²) in [6.07, 6.45) is 2.91. The van der Waals surface area contributed by atoms with Gasteiger partial charge in [-0.25, -0.2) is 14.3 Å². The second-order valence-corrected chi connectivity index (χ2v) is 6.55. The molecule has 1 aliphatic heterocycles. The third-order valence-corrected chi connectivity index (χ3v) is 3.45. The van der Waals surface area contributed by atoms with E-state index in [1.807, 2.05) is 20.8 Å². The highest BCUT2D eigenvalue weighted by Crippen LogP contribution is 2.22. The molecule has 2 heterocycles. The van der Waals surface area contributed by atoms with Crippen molar-refractivity contribution in [3.63, 3.8) is 0 Å². The van der Waals surface area contributed by atoms with Crippen LogP contribution < -0.4 is 0 Å². The van der Waals surface area contributed by atoms with E-state index in [2.05, 4.69) is 15.0 Å². The van der Waals surface area contributed by atoms with E-state index >= 15 is 0 Å². The van der Waals surface area contributed by atoms with E-state index in [9.17, 15) is 9.59 Å². The molecule has 23 heavy (non-hydrogen) atoms. The number of hydrogen-bond acceptors (Lipinski definition) is 6. The number of rotatable bonds is 4. The Labute approximate surface area is 139 Å². The maximum absolute atomic E-state index is 12.2. The quantitative estimate of drug-likeness (QED) is 0.613. The molecule has 0 radical (unpaired) electrons. The highest BCUT2D eigenvalue weighted by Gasteiger charge is 2.32. The summed E-state index contributed by atoms with van der Waals surface area (Å²) in [6, 6.07) is -0.274. The maximum atomic E-state index is 12.2. The number of alkyl halides is 1. The maximum Gasteiger partial charge on any atom is 0.410 e. The first-order valence-electron chi connectivity index (χ1n) is 7.43. The molecule has 0 bridgehead atoms. The fraction of sp³-hybridized carbons (Fsp3) is 0.714. The van der Waals surface area contributed by atoms with E-state index in [0.29, 0.717) is 13.1 Å². The number of aromatic nitrogens is 3. The first kappa shape index (κ1) is 17.5. The molecule has 1 aliphatic rings. The molecule has 1 atom stereocenters. The number of esters is 1. The SMILES string of the molecule is CC(C)(C)OC(=O)N1CCCC1Cn1cc(C(=O)OCCl)nn1. The Bertz CT molecular complexity index is 569. The Morgan fingerprint density at radius 1 is 1.43 bits per heavy atom. The zero-order valence-electron chi connectivity index (χ0n) is 13.5. The van der Waals surface area contributed by atoms with Crippen molar-refractivity contribution < 1.29 is 19.1 Å². The molecule has 128 valence electrons. The van der Waals surface area contributed by atoms with Crippen LogP contribution in [0.25, 0.3) is 0 Å². The minimum absolute atomic E-state index is 0.0385. The molecular formula is C14H21ClN4O4. The van der Waals surface area contributed by atoms with Crippen molar-refractivity contribution in [2.75, 3.05) is 12.6 Å². The number of halogens is 1. The molecule has 0 spiro atoms. The van der Waals surface area contributed by atoms with Crippen molar-refractivity contribution in [1.82, 2.24) is 19.9 Å². The number of nitrogens with zero attached hydrogens (tertiary/aromatic N) is 4. The van der Waals surface area contributed by atoms with Crippen LogP contribution in [0.1, 0.15) is 44.1 Å². The van der Waals surface area contributed by atoms with Gasteiger partial charge in [0.05, 0.1) is 18.8 Å². The van der Waals surface area contributed by atoms with Gasteiger partial charge in [-0.3, -0.25) is 0 Å². The average molecular weight is 345 g/mol. The Morgan fingerprint density at radius 3 is 2.83 bits per heavy atom. The van der Waals surface area contributed by atoms with Gasteiger partial charge in [0, 0.05) is 6.54 Å². The summed E-state index contributed by atoms with van der Waals surface area (Å²) in [7, 11) is 0. The minimum Gasteiger partial charge on any atom is -0.445 e. The topological polar surface area (TPSA) is 86.5 Å². The molecule has 1 aromatic heterocycles. The normalized spacial score (nSPS) is 18.1. The van der Waals surface area contributed by atoms with Gasteiger partial charge in [-0.1, -0.05) is 16.8 Å². The van der Waals surface area contributed by atoms with Crippen molar-refractivity contribution in [2.45, 2.75) is 51.8 Å². The van der Waals surface area contributed by atoms with Gasteiger partial charge in [-0.15, -0.1) is 5.10 Å². The third-order valence-electron chi connectivity index (χ3n) is 3.34. The number of carbonyl (C=O) groups is 2. The van der Waals surface area contributed by atoms with Crippen molar-refractivity contribution in [1.29, 1.82) is 0 Å². The lowest BCUT2D eigenvalue weighted by Gasteiger charge is -2.28. The van der Waals surface area contributed by atoms with E-state index in [1.165, 1.54) is 10.9 Å². The van der Waals surface area contributed by atoms with Crippen molar-refractivity contribution >= 4 is 23.7 Å². The second kappa shape index (κ2) is 7.16. The zero-order valence-corrected chi connectivity index (χ0v) is 14.2. The lowest BCUT2D eigenvalue weighted by Crippen LogP contribution is -2.41. The predicted octanol–water partition coefficient (Wildman–Crippen LogP) is 2.03. The van der Waals surface area contributed by atoms with Crippen LogP contribution >= 0.6 is 11.6 Å². The summed E-state index contributed by atoms with van der Waals surface area (Å²) in [5.74, 6) is -0.623. The molecule has 0 N–H and O–H groups in total. The van der Waals surface area contributed by atoms with Crippen LogP contribution in [-0.2, 0) is 16.0 Å². The highest BCUT2D eigenvalue weighted by molar-refractivity contribution is 6.17. The molecular weight excluding hydrogens is 324 g/mol. The largest absolute Gasteiger partial charge is 0.445 e. The number of likely N-dealkylation sites (tertiary alicyclic amines) is 1. The van der Waals surface area contributed by atoms with Crippen LogP contribution in [0, 0.1) is 0 Å². The Kier molecular flexibility index (Phi) is 5.46. The van der Waals surface area contributed by atoms with Crippen LogP contribution in [-0.4, -0.2) is 56.2 Å². The molecule has 1 saturated heterocycles. The van der Waals surface area contributed by atoms with Crippen LogP contribution in [0.5, 0.6) is 0 Å². The highest BCUT2D eigenvalue weighted by atomic mass is 35.5. The predicted molar refractivity (Wildman–Crippen MR) is 82.1 cm³/mol. The number of hydrogen-bond donors (Lipinski definition) is 0. The molecule has 1 aromatic rings. The Morgan fingerprint density at radius 2 is 2.17 bits per heavy atom. The summed E-state index contributed by atoms with van der Waals surface area (Å²) in [5, 5.41) is 7.65. The lowest BCUT2D eigenvalue weighted by atomic mass is 10.2.